The number of hydrogen-bond acceptors (Lipinski definition) is 4. The number of pyridine rings is 1. The predicted octanol–water partition coefficient (Wildman–Crippen LogP) is 1.99. The summed E-state index contributed by atoms with van der Waals surface area (Å²) in [5.74, 6) is -1.28. The van der Waals surface area contributed by atoms with E-state index in [0.29, 0.717) is 5.69 Å². The van der Waals surface area contributed by atoms with Crippen LogP contribution in [0.4, 0.5) is 5.69 Å². The third kappa shape index (κ3) is 2.87. The zero-order chi connectivity index (χ0) is 15.5. The van der Waals surface area contributed by atoms with Crippen molar-refractivity contribution < 1.29 is 18.3 Å². The summed E-state index contributed by atoms with van der Waals surface area (Å²) in [5, 5.41) is 9.16. The van der Waals surface area contributed by atoms with Gasteiger partial charge in [0, 0.05) is 18.9 Å². The highest BCUT2D eigenvalue weighted by Crippen LogP contribution is 2.25. The summed E-state index contributed by atoms with van der Waals surface area (Å²) >= 11 is 0. The molecule has 0 aliphatic rings. The smallest absolute Gasteiger partial charge is 0.337 e. The molecule has 0 radical (unpaired) electrons. The summed E-state index contributed by atoms with van der Waals surface area (Å²) < 4.78 is 26.6. The van der Waals surface area contributed by atoms with Gasteiger partial charge in [-0.15, -0.1) is 0 Å². The van der Waals surface area contributed by atoms with Crippen LogP contribution in [0.5, 0.6) is 0 Å². The summed E-state index contributed by atoms with van der Waals surface area (Å²) in [5.41, 5.74) is 0.192. The first-order chi connectivity index (χ1) is 9.98. The number of aromatic nitrogens is 1. The molecule has 0 aliphatic heterocycles. The van der Waals surface area contributed by atoms with Crippen LogP contribution in [-0.4, -0.2) is 31.0 Å². The van der Waals surface area contributed by atoms with Crippen LogP contribution >= 0.6 is 0 Å². The molecule has 21 heavy (non-hydrogen) atoms. The molecule has 110 valence electrons. The number of rotatable bonds is 5. The van der Waals surface area contributed by atoms with E-state index in [1.165, 1.54) is 36.7 Å². The van der Waals surface area contributed by atoms with Crippen molar-refractivity contribution in [2.24, 2.45) is 0 Å². The quantitative estimate of drug-likeness (QED) is 0.912. The van der Waals surface area contributed by atoms with E-state index in [0.717, 1.165) is 4.31 Å². The normalized spacial score (nSPS) is 11.1. The fourth-order valence-corrected chi connectivity index (χ4v) is 3.65. The minimum Gasteiger partial charge on any atom is -0.478 e. The molecular weight excluding hydrogens is 292 g/mol. The Balaban J connectivity index is 2.59. The summed E-state index contributed by atoms with van der Waals surface area (Å²) in [6.45, 7) is 1.86. The van der Waals surface area contributed by atoms with E-state index in [1.54, 1.807) is 19.1 Å². The topological polar surface area (TPSA) is 87.6 Å². The Morgan fingerprint density at radius 1 is 1.19 bits per heavy atom. The first-order valence-electron chi connectivity index (χ1n) is 6.23. The summed E-state index contributed by atoms with van der Waals surface area (Å²) in [7, 11) is -3.96. The molecule has 0 bridgehead atoms. The molecule has 0 amide bonds. The Labute approximate surface area is 122 Å². The Bertz CT molecular complexity index is 745. The lowest BCUT2D eigenvalue weighted by molar-refractivity contribution is 0.0692. The lowest BCUT2D eigenvalue weighted by Gasteiger charge is -2.23. The first-order valence-corrected chi connectivity index (χ1v) is 7.67. The van der Waals surface area contributed by atoms with E-state index >= 15 is 0 Å². The SMILES string of the molecule is CCN(c1ccncc1)S(=O)(=O)c1ccccc1C(=O)O. The van der Waals surface area contributed by atoms with Gasteiger partial charge in [0.2, 0.25) is 0 Å². The van der Waals surface area contributed by atoms with Gasteiger partial charge in [-0.25, -0.2) is 13.2 Å². The van der Waals surface area contributed by atoms with Crippen LogP contribution in [0.2, 0.25) is 0 Å². The standard InChI is InChI=1S/C14H14N2O4S/c1-2-16(11-7-9-15-10-8-11)21(19,20)13-6-4-3-5-12(13)14(17)18/h3-10H,2H2,1H3,(H,17,18). The molecule has 2 rings (SSSR count). The molecule has 0 atom stereocenters. The van der Waals surface area contributed by atoms with Crippen LogP contribution in [0, 0.1) is 0 Å². The maximum Gasteiger partial charge on any atom is 0.337 e. The van der Waals surface area contributed by atoms with Gasteiger partial charge in [0.15, 0.2) is 0 Å². The molecule has 1 aromatic carbocycles. The van der Waals surface area contributed by atoms with E-state index in [2.05, 4.69) is 4.98 Å². The molecule has 7 heteroatoms. The van der Waals surface area contributed by atoms with Gasteiger partial charge in [0.25, 0.3) is 10.0 Å². The second-order valence-electron chi connectivity index (χ2n) is 4.18. The number of nitrogens with zero attached hydrogens (tertiary/aromatic N) is 2. The number of anilines is 1. The molecule has 6 nitrogen and oxygen atoms in total. The van der Waals surface area contributed by atoms with Crippen molar-refractivity contribution in [1.29, 1.82) is 0 Å². The molecule has 2 aromatic rings. The Kier molecular flexibility index (Phi) is 4.23. The van der Waals surface area contributed by atoms with Gasteiger partial charge >= 0.3 is 5.97 Å². The molecular formula is C14H14N2O4S. The number of aromatic carboxylic acids is 1. The first kappa shape index (κ1) is 15.0. The van der Waals surface area contributed by atoms with Crippen LogP contribution in [0.1, 0.15) is 17.3 Å². The number of carboxylic acid groups (broad SMARTS) is 1. The summed E-state index contributed by atoms with van der Waals surface area (Å²) in [6.07, 6.45) is 2.97. The van der Waals surface area contributed by atoms with Crippen molar-refractivity contribution in [2.75, 3.05) is 10.8 Å². The van der Waals surface area contributed by atoms with Crippen LogP contribution in [0.3, 0.4) is 0 Å². The lowest BCUT2D eigenvalue weighted by Crippen LogP contribution is -2.31. The van der Waals surface area contributed by atoms with E-state index in [9.17, 15) is 13.2 Å². The number of carboxylic acids is 1. The van der Waals surface area contributed by atoms with Crippen molar-refractivity contribution in [1.82, 2.24) is 4.98 Å². The van der Waals surface area contributed by atoms with Crippen molar-refractivity contribution in [3.05, 3.63) is 54.4 Å². The summed E-state index contributed by atoms with van der Waals surface area (Å²) in [6, 6.07) is 8.68. The highest BCUT2D eigenvalue weighted by molar-refractivity contribution is 7.93. The van der Waals surface area contributed by atoms with E-state index in [1.807, 2.05) is 0 Å². The van der Waals surface area contributed by atoms with Gasteiger partial charge in [-0.3, -0.25) is 9.29 Å². The minimum atomic E-state index is -3.96. The van der Waals surface area contributed by atoms with Crippen molar-refractivity contribution in [2.45, 2.75) is 11.8 Å². The number of carbonyl (C=O) groups is 1. The van der Waals surface area contributed by atoms with Gasteiger partial charge in [-0.05, 0) is 31.2 Å². The molecule has 0 saturated heterocycles. The highest BCUT2D eigenvalue weighted by atomic mass is 32.2. The van der Waals surface area contributed by atoms with Crippen LogP contribution in [-0.2, 0) is 10.0 Å². The molecule has 1 N–H and O–H groups in total. The maximum atomic E-state index is 12.7. The van der Waals surface area contributed by atoms with E-state index in [-0.39, 0.29) is 17.0 Å². The van der Waals surface area contributed by atoms with Gasteiger partial charge < -0.3 is 5.11 Å². The summed E-state index contributed by atoms with van der Waals surface area (Å²) in [4.78, 5) is 14.8. The average molecular weight is 306 g/mol. The number of benzene rings is 1. The largest absolute Gasteiger partial charge is 0.478 e. The van der Waals surface area contributed by atoms with Crippen molar-refractivity contribution >= 4 is 21.7 Å². The van der Waals surface area contributed by atoms with Gasteiger partial charge in [-0.2, -0.15) is 0 Å². The van der Waals surface area contributed by atoms with Gasteiger partial charge in [-0.1, -0.05) is 12.1 Å². The zero-order valence-corrected chi connectivity index (χ0v) is 12.1. The maximum absolute atomic E-state index is 12.7. The molecule has 0 aliphatic carbocycles. The zero-order valence-electron chi connectivity index (χ0n) is 11.3. The molecule has 0 unspecified atom stereocenters. The lowest BCUT2D eigenvalue weighted by atomic mass is 10.2. The average Bonchev–Trinajstić information content (AvgIpc) is 2.49. The molecule has 0 spiro atoms. The van der Waals surface area contributed by atoms with Gasteiger partial charge in [0.1, 0.15) is 4.90 Å². The monoisotopic (exact) mass is 306 g/mol. The Hall–Kier alpha value is -2.41. The van der Waals surface area contributed by atoms with Crippen LogP contribution in [0.15, 0.2) is 53.7 Å². The molecule has 1 heterocycles. The van der Waals surface area contributed by atoms with Crippen molar-refractivity contribution in [3.8, 4) is 0 Å². The molecule has 0 fully saturated rings. The third-order valence-electron chi connectivity index (χ3n) is 2.92. The Morgan fingerprint density at radius 3 is 2.38 bits per heavy atom. The highest BCUT2D eigenvalue weighted by Gasteiger charge is 2.28. The second kappa shape index (κ2) is 5.92. The fourth-order valence-electron chi connectivity index (χ4n) is 1.99. The second-order valence-corrected chi connectivity index (χ2v) is 6.01. The number of hydrogen-bond donors (Lipinski definition) is 1. The van der Waals surface area contributed by atoms with E-state index < -0.39 is 16.0 Å². The van der Waals surface area contributed by atoms with Gasteiger partial charge in [0.05, 0.1) is 11.3 Å². The van der Waals surface area contributed by atoms with E-state index in [4.69, 9.17) is 5.11 Å². The van der Waals surface area contributed by atoms with Crippen LogP contribution < -0.4 is 4.31 Å². The molecule has 0 saturated carbocycles. The third-order valence-corrected chi connectivity index (χ3v) is 4.88. The minimum absolute atomic E-state index is 0.181. The predicted molar refractivity (Wildman–Crippen MR) is 77.8 cm³/mol. The van der Waals surface area contributed by atoms with Crippen molar-refractivity contribution in [3.63, 3.8) is 0 Å². The Morgan fingerprint density at radius 2 is 1.81 bits per heavy atom. The number of sulfonamides is 1. The van der Waals surface area contributed by atoms with Crippen LogP contribution in [0.25, 0.3) is 0 Å². The fraction of sp³-hybridized carbons (Fsp3) is 0.143. The molecule has 1 aromatic heterocycles.